The molecule has 1 aliphatic carbocycles. The summed E-state index contributed by atoms with van der Waals surface area (Å²) in [4.78, 5) is 21.2. The first kappa shape index (κ1) is 13.2. The molecule has 2 aromatic rings. The summed E-state index contributed by atoms with van der Waals surface area (Å²) < 4.78 is 0. The first-order valence-corrected chi connectivity index (χ1v) is 7.38. The number of carbonyl (C=O) groups excluding carboxylic acids is 1. The third-order valence-corrected chi connectivity index (χ3v) is 4.30. The van der Waals surface area contributed by atoms with Crippen LogP contribution in [0.4, 0.5) is 0 Å². The summed E-state index contributed by atoms with van der Waals surface area (Å²) in [6.07, 6.45) is 6.62. The molecule has 0 amide bonds. The van der Waals surface area contributed by atoms with Gasteiger partial charge in [-0.2, -0.15) is 0 Å². The smallest absolute Gasteiger partial charge is 0.166 e. The number of benzene rings is 1. The highest BCUT2D eigenvalue weighted by atomic mass is 16.1. The van der Waals surface area contributed by atoms with Crippen LogP contribution in [0.25, 0.3) is 11.0 Å². The Morgan fingerprint density at radius 3 is 2.35 bits per heavy atom. The second-order valence-electron chi connectivity index (χ2n) is 6.24. The predicted octanol–water partition coefficient (Wildman–Crippen LogP) is 3.88. The molecule has 1 aromatic carbocycles. The zero-order chi connectivity index (χ0) is 14.1. The van der Waals surface area contributed by atoms with Crippen molar-refractivity contribution in [3.05, 3.63) is 36.2 Å². The summed E-state index contributed by atoms with van der Waals surface area (Å²) in [6.45, 7) is 4.50. The number of ketones is 1. The lowest BCUT2D eigenvalue weighted by Crippen LogP contribution is -2.26. The second kappa shape index (κ2) is 5.31. The van der Waals surface area contributed by atoms with Crippen LogP contribution in [0.5, 0.6) is 0 Å². The summed E-state index contributed by atoms with van der Waals surface area (Å²) in [7, 11) is 0. The van der Waals surface area contributed by atoms with E-state index >= 15 is 0 Å². The van der Waals surface area contributed by atoms with E-state index in [0.29, 0.717) is 11.8 Å². The Labute approximate surface area is 119 Å². The lowest BCUT2D eigenvalue weighted by molar-refractivity contribution is 0.0836. The van der Waals surface area contributed by atoms with Gasteiger partial charge in [0.05, 0.1) is 11.0 Å². The molecule has 2 atom stereocenters. The number of fused-ring (bicyclic) bond motifs is 1. The molecule has 0 aliphatic heterocycles. The SMILES string of the molecule is CC1CC(C)CC(C(=O)c2ccc3nccnc3c2)C1. The van der Waals surface area contributed by atoms with Gasteiger partial charge < -0.3 is 0 Å². The topological polar surface area (TPSA) is 42.9 Å². The molecule has 0 bridgehead atoms. The van der Waals surface area contributed by atoms with Gasteiger partial charge in [-0.05, 0) is 49.3 Å². The quantitative estimate of drug-likeness (QED) is 0.776. The molecule has 0 N–H and O–H groups in total. The highest BCUT2D eigenvalue weighted by Gasteiger charge is 2.29. The van der Waals surface area contributed by atoms with Gasteiger partial charge in [-0.25, -0.2) is 0 Å². The highest BCUT2D eigenvalue weighted by Crippen LogP contribution is 2.34. The van der Waals surface area contributed by atoms with Crippen molar-refractivity contribution in [1.82, 2.24) is 9.97 Å². The van der Waals surface area contributed by atoms with E-state index in [1.807, 2.05) is 18.2 Å². The van der Waals surface area contributed by atoms with Crippen molar-refractivity contribution in [2.45, 2.75) is 33.1 Å². The van der Waals surface area contributed by atoms with Gasteiger partial charge in [0.15, 0.2) is 5.78 Å². The van der Waals surface area contributed by atoms with Crippen molar-refractivity contribution in [3.63, 3.8) is 0 Å². The molecule has 1 heterocycles. The molecular weight excluding hydrogens is 248 g/mol. The average Bonchev–Trinajstić information content (AvgIpc) is 2.45. The second-order valence-corrected chi connectivity index (χ2v) is 6.24. The normalized spacial score (nSPS) is 26.6. The number of aromatic nitrogens is 2. The van der Waals surface area contributed by atoms with Gasteiger partial charge in [-0.3, -0.25) is 14.8 Å². The van der Waals surface area contributed by atoms with Gasteiger partial charge in [0.25, 0.3) is 0 Å². The molecule has 3 heteroatoms. The van der Waals surface area contributed by atoms with E-state index in [4.69, 9.17) is 0 Å². The zero-order valence-corrected chi connectivity index (χ0v) is 12.0. The molecule has 2 unspecified atom stereocenters. The van der Waals surface area contributed by atoms with E-state index < -0.39 is 0 Å². The average molecular weight is 268 g/mol. The third-order valence-electron chi connectivity index (χ3n) is 4.30. The number of rotatable bonds is 2. The van der Waals surface area contributed by atoms with E-state index in [2.05, 4.69) is 23.8 Å². The molecule has 20 heavy (non-hydrogen) atoms. The fourth-order valence-corrected chi connectivity index (χ4v) is 3.51. The van der Waals surface area contributed by atoms with E-state index in [1.165, 1.54) is 6.42 Å². The lowest BCUT2D eigenvalue weighted by Gasteiger charge is -2.30. The van der Waals surface area contributed by atoms with Gasteiger partial charge in [0.1, 0.15) is 0 Å². The van der Waals surface area contributed by atoms with Crippen molar-refractivity contribution < 1.29 is 4.79 Å². The minimum Gasteiger partial charge on any atom is -0.294 e. The number of nitrogens with zero attached hydrogens (tertiary/aromatic N) is 2. The van der Waals surface area contributed by atoms with Gasteiger partial charge >= 0.3 is 0 Å². The molecule has 0 spiro atoms. The van der Waals surface area contributed by atoms with Crippen LogP contribution in [-0.4, -0.2) is 15.8 Å². The van der Waals surface area contributed by atoms with Crippen molar-refractivity contribution in [3.8, 4) is 0 Å². The zero-order valence-electron chi connectivity index (χ0n) is 12.0. The van der Waals surface area contributed by atoms with Crippen LogP contribution in [0.2, 0.25) is 0 Å². The van der Waals surface area contributed by atoms with Crippen molar-refractivity contribution >= 4 is 16.8 Å². The monoisotopic (exact) mass is 268 g/mol. The summed E-state index contributed by atoms with van der Waals surface area (Å²) in [5.41, 5.74) is 2.42. The van der Waals surface area contributed by atoms with E-state index in [0.717, 1.165) is 29.4 Å². The molecule has 3 nitrogen and oxygen atoms in total. The Kier molecular flexibility index (Phi) is 3.51. The summed E-state index contributed by atoms with van der Waals surface area (Å²) >= 11 is 0. The fourth-order valence-electron chi connectivity index (χ4n) is 3.51. The molecular formula is C17H20N2O. The maximum atomic E-state index is 12.7. The first-order chi connectivity index (χ1) is 9.63. The predicted molar refractivity (Wildman–Crippen MR) is 79.5 cm³/mol. The Morgan fingerprint density at radius 2 is 1.65 bits per heavy atom. The van der Waals surface area contributed by atoms with E-state index in [9.17, 15) is 4.79 Å². The molecule has 0 saturated heterocycles. The lowest BCUT2D eigenvalue weighted by atomic mass is 9.74. The number of hydrogen-bond donors (Lipinski definition) is 0. The molecule has 1 fully saturated rings. The van der Waals surface area contributed by atoms with Crippen LogP contribution in [0, 0.1) is 17.8 Å². The molecule has 1 aromatic heterocycles. The first-order valence-electron chi connectivity index (χ1n) is 7.38. The van der Waals surface area contributed by atoms with Gasteiger partial charge in [0, 0.05) is 23.9 Å². The fraction of sp³-hybridized carbons (Fsp3) is 0.471. The minimum absolute atomic E-state index is 0.169. The van der Waals surface area contributed by atoms with Crippen LogP contribution < -0.4 is 0 Å². The highest BCUT2D eigenvalue weighted by molar-refractivity contribution is 6.00. The summed E-state index contributed by atoms with van der Waals surface area (Å²) in [6, 6.07) is 5.67. The molecule has 104 valence electrons. The number of carbonyl (C=O) groups is 1. The number of Topliss-reactive ketones (excluding diaryl/α,β-unsaturated/α-hetero) is 1. The molecule has 1 saturated carbocycles. The Morgan fingerprint density at radius 1 is 1.00 bits per heavy atom. The Hall–Kier alpha value is -1.77. The summed E-state index contributed by atoms with van der Waals surface area (Å²) in [5, 5.41) is 0. The molecule has 0 radical (unpaired) electrons. The molecule has 1 aliphatic rings. The standard InChI is InChI=1S/C17H20N2O/c1-11-7-12(2)9-14(8-11)17(20)13-3-4-15-16(10-13)19-6-5-18-15/h3-6,10-12,14H,7-9H2,1-2H3. The Balaban J connectivity index is 1.88. The van der Waals surface area contributed by atoms with Crippen LogP contribution >= 0.6 is 0 Å². The largest absolute Gasteiger partial charge is 0.294 e. The third kappa shape index (κ3) is 2.58. The minimum atomic E-state index is 0.169. The van der Waals surface area contributed by atoms with Gasteiger partial charge in [0.2, 0.25) is 0 Å². The summed E-state index contributed by atoms with van der Waals surface area (Å²) in [5.74, 6) is 1.74. The van der Waals surface area contributed by atoms with E-state index in [-0.39, 0.29) is 11.7 Å². The number of hydrogen-bond acceptors (Lipinski definition) is 3. The maximum Gasteiger partial charge on any atom is 0.166 e. The van der Waals surface area contributed by atoms with Crippen LogP contribution in [0.1, 0.15) is 43.5 Å². The van der Waals surface area contributed by atoms with E-state index in [1.54, 1.807) is 12.4 Å². The maximum absolute atomic E-state index is 12.7. The van der Waals surface area contributed by atoms with Gasteiger partial charge in [-0.1, -0.05) is 13.8 Å². The Bertz CT molecular complexity index is 628. The van der Waals surface area contributed by atoms with Crippen molar-refractivity contribution in [1.29, 1.82) is 0 Å². The molecule has 3 rings (SSSR count). The van der Waals surface area contributed by atoms with Crippen molar-refractivity contribution in [2.24, 2.45) is 17.8 Å². The van der Waals surface area contributed by atoms with Crippen LogP contribution in [0.3, 0.4) is 0 Å². The van der Waals surface area contributed by atoms with Crippen LogP contribution in [-0.2, 0) is 0 Å². The van der Waals surface area contributed by atoms with Crippen molar-refractivity contribution in [2.75, 3.05) is 0 Å². The van der Waals surface area contributed by atoms with Crippen LogP contribution in [0.15, 0.2) is 30.6 Å². The van der Waals surface area contributed by atoms with Gasteiger partial charge in [-0.15, -0.1) is 0 Å².